The normalized spacial score (nSPS) is 12.7. The Bertz CT molecular complexity index is 1020. The van der Waals surface area contributed by atoms with Gasteiger partial charge in [0.15, 0.2) is 0 Å². The summed E-state index contributed by atoms with van der Waals surface area (Å²) in [6.07, 6.45) is -2.98. The van der Waals surface area contributed by atoms with Crippen LogP contribution in [0.25, 0.3) is 0 Å². The molecule has 0 heterocycles. The molecule has 2 aromatic rings. The third-order valence-corrected chi connectivity index (χ3v) is 5.00. The van der Waals surface area contributed by atoms with Crippen LogP contribution in [0, 0.1) is 0 Å². The van der Waals surface area contributed by atoms with Crippen LogP contribution in [-0.4, -0.2) is 64.3 Å². The number of alkyl carbamates (subject to hydrolysis) is 1. The van der Waals surface area contributed by atoms with Crippen LogP contribution in [0.2, 0.25) is 0 Å². The molecule has 0 aliphatic rings. The van der Waals surface area contributed by atoms with Crippen molar-refractivity contribution in [3.63, 3.8) is 0 Å². The Balaban J connectivity index is 1.89. The zero-order valence-electron chi connectivity index (χ0n) is 21.7. The smallest absolute Gasteiger partial charge is 0.412 e. The molecule has 2 rings (SSSR count). The maximum Gasteiger partial charge on any atom is 0.412 e. The summed E-state index contributed by atoms with van der Waals surface area (Å²) in [4.78, 5) is 36.5. The van der Waals surface area contributed by atoms with Gasteiger partial charge >= 0.3 is 18.2 Å². The van der Waals surface area contributed by atoms with E-state index in [9.17, 15) is 24.6 Å². The lowest BCUT2D eigenvalue weighted by atomic mass is 10.1. The van der Waals surface area contributed by atoms with Gasteiger partial charge in [0.25, 0.3) is 0 Å². The van der Waals surface area contributed by atoms with Crippen molar-refractivity contribution in [1.82, 2.24) is 10.2 Å². The number of nitrogens with zero attached hydrogens (tertiary/aromatic N) is 1. The van der Waals surface area contributed by atoms with E-state index < -0.39 is 36.1 Å². The van der Waals surface area contributed by atoms with E-state index in [0.717, 1.165) is 11.1 Å². The molecule has 0 fully saturated rings. The number of carbonyl (C=O) groups is 3. The van der Waals surface area contributed by atoms with Gasteiger partial charge in [0.2, 0.25) is 6.23 Å². The predicted molar refractivity (Wildman–Crippen MR) is 136 cm³/mol. The summed E-state index contributed by atoms with van der Waals surface area (Å²) < 4.78 is 16.4. The molecule has 2 atom stereocenters. The van der Waals surface area contributed by atoms with E-state index in [1.165, 1.54) is 0 Å². The molecule has 202 valence electrons. The van der Waals surface area contributed by atoms with E-state index >= 15 is 0 Å². The highest BCUT2D eigenvalue weighted by Gasteiger charge is 2.33. The van der Waals surface area contributed by atoms with Gasteiger partial charge in [-0.15, -0.1) is 0 Å². The van der Waals surface area contributed by atoms with E-state index in [4.69, 9.17) is 14.2 Å². The summed E-state index contributed by atoms with van der Waals surface area (Å²) in [5.74, 6) is -1.02. The fourth-order valence-electron chi connectivity index (χ4n) is 3.33. The first-order valence-electron chi connectivity index (χ1n) is 12.1. The number of aliphatic carboxylic acids is 1. The number of amides is 2. The average molecular weight is 517 g/mol. The molecule has 2 aromatic carbocycles. The predicted octanol–water partition coefficient (Wildman–Crippen LogP) is 3.95. The van der Waals surface area contributed by atoms with Gasteiger partial charge < -0.3 is 29.7 Å². The van der Waals surface area contributed by atoms with Crippen LogP contribution < -0.4 is 10.1 Å². The summed E-state index contributed by atoms with van der Waals surface area (Å²) in [5, 5.41) is 22.0. The van der Waals surface area contributed by atoms with Gasteiger partial charge in [0.1, 0.15) is 24.1 Å². The number of hydrogen-bond donors (Lipinski definition) is 3. The number of hydrogen-bond acceptors (Lipinski definition) is 7. The third-order valence-electron chi connectivity index (χ3n) is 5.00. The standard InChI is InChI=1S/C27H36N2O8/c1-19(17-29(23(30)24(31)32)26(34)37-27(2,3)4)36-22-15-9-8-13-21(22)14-10-16-28-25(33)35-18-20-11-6-5-7-12-20/h5-9,11-13,15,19,23,30H,10,14,16-18H2,1-4H3,(H,28,33)(H,31,32)/t19-,23+/m1/s1. The Morgan fingerprint density at radius 3 is 2.32 bits per heavy atom. The number of nitrogens with one attached hydrogen (secondary N) is 1. The number of aliphatic hydroxyl groups excluding tert-OH is 1. The lowest BCUT2D eigenvalue weighted by molar-refractivity contribution is -0.157. The van der Waals surface area contributed by atoms with Gasteiger partial charge in [-0.3, -0.25) is 4.90 Å². The number of aryl methyl sites for hydroxylation is 1. The number of carbonyl (C=O) groups excluding carboxylic acids is 2. The minimum absolute atomic E-state index is 0.193. The molecule has 2 amide bonds. The van der Waals surface area contributed by atoms with Gasteiger partial charge in [-0.25, -0.2) is 14.4 Å². The summed E-state index contributed by atoms with van der Waals surface area (Å²) in [6, 6.07) is 16.7. The molecule has 10 nitrogen and oxygen atoms in total. The first-order chi connectivity index (χ1) is 17.5. The van der Waals surface area contributed by atoms with Gasteiger partial charge in [0.05, 0.1) is 6.54 Å². The molecular weight excluding hydrogens is 480 g/mol. The first-order valence-corrected chi connectivity index (χ1v) is 12.1. The molecule has 3 N–H and O–H groups in total. The maximum atomic E-state index is 12.5. The van der Waals surface area contributed by atoms with Crippen LogP contribution in [0.3, 0.4) is 0 Å². The maximum absolute atomic E-state index is 12.5. The second kappa shape index (κ2) is 14.1. The quantitative estimate of drug-likeness (QED) is 0.285. The van der Waals surface area contributed by atoms with Gasteiger partial charge in [0, 0.05) is 6.54 Å². The van der Waals surface area contributed by atoms with Crippen molar-refractivity contribution in [3.05, 3.63) is 65.7 Å². The van der Waals surface area contributed by atoms with Crippen LogP contribution >= 0.6 is 0 Å². The molecule has 10 heteroatoms. The molecule has 0 saturated carbocycles. The highest BCUT2D eigenvalue weighted by atomic mass is 16.6. The largest absolute Gasteiger partial charge is 0.489 e. The lowest BCUT2D eigenvalue weighted by Crippen LogP contribution is -2.50. The van der Waals surface area contributed by atoms with Crippen LogP contribution in [0.5, 0.6) is 5.75 Å². The fraction of sp³-hybridized carbons (Fsp3) is 0.444. The minimum Gasteiger partial charge on any atom is -0.489 e. The van der Waals surface area contributed by atoms with E-state index in [0.29, 0.717) is 30.0 Å². The summed E-state index contributed by atoms with van der Waals surface area (Å²) in [5.41, 5.74) is 0.905. The van der Waals surface area contributed by atoms with Gasteiger partial charge in [-0.2, -0.15) is 0 Å². The van der Waals surface area contributed by atoms with Crippen molar-refractivity contribution in [2.45, 2.75) is 65.1 Å². The number of benzene rings is 2. The van der Waals surface area contributed by atoms with E-state index in [1.54, 1.807) is 39.8 Å². The molecular formula is C27H36N2O8. The summed E-state index contributed by atoms with van der Waals surface area (Å²) >= 11 is 0. The highest BCUT2D eigenvalue weighted by molar-refractivity contribution is 5.78. The zero-order chi connectivity index (χ0) is 27.4. The highest BCUT2D eigenvalue weighted by Crippen LogP contribution is 2.22. The van der Waals surface area contributed by atoms with Crippen molar-refractivity contribution in [3.8, 4) is 5.75 Å². The molecule has 0 aliphatic heterocycles. The molecule has 0 spiro atoms. The van der Waals surface area contributed by atoms with Gasteiger partial charge in [-0.05, 0) is 57.7 Å². The second-order valence-electron chi connectivity index (χ2n) is 9.47. The zero-order valence-corrected chi connectivity index (χ0v) is 21.7. The minimum atomic E-state index is -2.08. The molecule has 0 bridgehead atoms. The second-order valence-corrected chi connectivity index (χ2v) is 9.47. The average Bonchev–Trinajstić information content (AvgIpc) is 2.84. The third kappa shape index (κ3) is 10.8. The van der Waals surface area contributed by atoms with Crippen molar-refractivity contribution in [1.29, 1.82) is 0 Å². The number of rotatable bonds is 12. The van der Waals surface area contributed by atoms with E-state index in [-0.39, 0.29) is 13.2 Å². The number of carboxylic acid groups (broad SMARTS) is 1. The Morgan fingerprint density at radius 1 is 1.03 bits per heavy atom. The number of para-hydroxylation sites is 1. The monoisotopic (exact) mass is 516 g/mol. The van der Waals surface area contributed by atoms with Crippen LogP contribution in [-0.2, 0) is 27.3 Å². The van der Waals surface area contributed by atoms with Crippen molar-refractivity contribution >= 4 is 18.2 Å². The van der Waals surface area contributed by atoms with E-state index in [2.05, 4.69) is 5.32 Å². The molecule has 0 saturated heterocycles. The van der Waals surface area contributed by atoms with Crippen LogP contribution in [0.1, 0.15) is 45.2 Å². The van der Waals surface area contributed by atoms with E-state index in [1.807, 2.05) is 42.5 Å². The summed E-state index contributed by atoms with van der Waals surface area (Å²) in [7, 11) is 0. The van der Waals surface area contributed by atoms with Crippen LogP contribution in [0.15, 0.2) is 54.6 Å². The molecule has 0 aliphatic carbocycles. The number of carboxylic acids is 1. The molecule has 37 heavy (non-hydrogen) atoms. The van der Waals surface area contributed by atoms with Crippen molar-refractivity contribution in [2.75, 3.05) is 13.1 Å². The Labute approximate surface area is 217 Å². The Hall–Kier alpha value is -3.79. The molecule has 0 radical (unpaired) electrons. The number of aliphatic hydroxyl groups is 1. The van der Waals surface area contributed by atoms with Crippen molar-refractivity contribution < 1.29 is 38.8 Å². The molecule has 0 unspecified atom stereocenters. The number of ether oxygens (including phenoxy) is 3. The van der Waals surface area contributed by atoms with Crippen molar-refractivity contribution in [2.24, 2.45) is 0 Å². The fourth-order valence-corrected chi connectivity index (χ4v) is 3.33. The Kier molecular flexibility index (Phi) is 11.2. The molecule has 0 aromatic heterocycles. The Morgan fingerprint density at radius 2 is 1.68 bits per heavy atom. The van der Waals surface area contributed by atoms with Gasteiger partial charge in [-0.1, -0.05) is 48.5 Å². The summed E-state index contributed by atoms with van der Waals surface area (Å²) in [6.45, 7) is 6.96. The van der Waals surface area contributed by atoms with Crippen LogP contribution in [0.4, 0.5) is 9.59 Å². The topological polar surface area (TPSA) is 135 Å². The SMILES string of the molecule is C[C@H](CN(C(=O)OC(C)(C)C)[C@@H](O)C(=O)O)Oc1ccccc1CCCNC(=O)OCc1ccccc1. The first kappa shape index (κ1) is 29.4. The lowest BCUT2D eigenvalue weighted by Gasteiger charge is -2.31.